The molecule has 0 atom stereocenters. The Labute approximate surface area is 299 Å². The Hall–Kier alpha value is -4.22. The number of halogens is 16. The van der Waals surface area contributed by atoms with E-state index in [-0.39, 0.29) is 0 Å². The molecular formula is C36H32BF16N. The lowest BCUT2D eigenvalue weighted by Gasteiger charge is -2.49. The average Bonchev–Trinajstić information content (AvgIpc) is 2.98. The Balaban J connectivity index is 0.000000515. The molecule has 0 aliphatic rings. The van der Waals surface area contributed by atoms with Gasteiger partial charge in [0.2, 0.25) is 0 Å². The number of rotatable bonds is 4. The summed E-state index contributed by atoms with van der Waals surface area (Å²) in [5.41, 5.74) is -10.0. The van der Waals surface area contributed by atoms with Crippen molar-refractivity contribution in [3.63, 3.8) is 0 Å². The fourth-order valence-corrected chi connectivity index (χ4v) is 8.15. The fraction of sp³-hybridized carbons (Fsp3) is 0.333. The molecule has 0 saturated heterocycles. The van der Waals surface area contributed by atoms with Gasteiger partial charge in [0.15, 0.2) is 46.5 Å². The second-order valence-electron chi connectivity index (χ2n) is 15.5. The topological polar surface area (TPSA) is 4.44 Å². The highest BCUT2D eigenvalue weighted by atomic mass is 19.2. The molecule has 0 radical (unpaired) electrons. The molecule has 0 bridgehead atoms. The smallest absolute Gasteiger partial charge is 0.191 e. The minimum absolute atomic E-state index is 0.302. The zero-order chi connectivity index (χ0) is 42.0. The molecule has 0 fully saturated rings. The van der Waals surface area contributed by atoms with Gasteiger partial charge in [-0.05, 0) is 62.3 Å². The first-order valence-electron chi connectivity index (χ1n) is 15.7. The van der Waals surface area contributed by atoms with Crippen LogP contribution in [0.1, 0.15) is 62.3 Å². The summed E-state index contributed by atoms with van der Waals surface area (Å²) < 4.78 is 235. The van der Waals surface area contributed by atoms with Crippen LogP contribution in [0, 0.1) is 93.1 Å². The monoisotopic (exact) mass is 793 g/mol. The number of nitrogens with one attached hydrogen (secondary N) is 1. The molecule has 0 aromatic heterocycles. The van der Waals surface area contributed by atoms with Crippen molar-refractivity contribution in [2.24, 2.45) is 0 Å². The molecule has 0 heterocycles. The normalized spacial score (nSPS) is 12.7. The van der Waals surface area contributed by atoms with Gasteiger partial charge >= 0.3 is 0 Å². The van der Waals surface area contributed by atoms with Gasteiger partial charge in [-0.15, -0.1) is 21.9 Å². The molecule has 54 heavy (non-hydrogen) atoms. The summed E-state index contributed by atoms with van der Waals surface area (Å²) in [7, 11) is 0. The predicted octanol–water partition coefficient (Wildman–Crippen LogP) is 7.56. The minimum Gasteiger partial charge on any atom is -0.322 e. The highest BCUT2D eigenvalue weighted by Gasteiger charge is 2.49. The number of hydrogen-bond acceptors (Lipinski definition) is 0. The zero-order valence-electron chi connectivity index (χ0n) is 29.9. The lowest BCUT2D eigenvalue weighted by molar-refractivity contribution is -1.03. The third kappa shape index (κ3) is 7.54. The molecule has 0 unspecified atom stereocenters. The quantitative estimate of drug-likeness (QED) is 0.0943. The van der Waals surface area contributed by atoms with Gasteiger partial charge in [0.25, 0.3) is 0 Å². The molecule has 4 aromatic carbocycles. The molecular weight excluding hydrogens is 761 g/mol. The van der Waals surface area contributed by atoms with Gasteiger partial charge in [-0.1, -0.05) is 0 Å². The van der Waals surface area contributed by atoms with E-state index >= 15 is 35.1 Å². The molecule has 0 aliphatic carbocycles. The number of benzene rings is 4. The number of quaternary nitrogens is 1. The van der Waals surface area contributed by atoms with Gasteiger partial charge < -0.3 is 4.90 Å². The van der Waals surface area contributed by atoms with Crippen molar-refractivity contribution in [2.45, 2.75) is 78.9 Å². The molecule has 296 valence electrons. The second-order valence-corrected chi connectivity index (χ2v) is 15.5. The molecule has 4 aromatic rings. The van der Waals surface area contributed by atoms with Crippen molar-refractivity contribution >= 4 is 28.0 Å². The fourth-order valence-electron chi connectivity index (χ4n) is 8.15. The first-order valence-corrected chi connectivity index (χ1v) is 15.7. The number of hydrogen-bond donors (Lipinski definition) is 1. The van der Waals surface area contributed by atoms with Crippen LogP contribution in [0.2, 0.25) is 0 Å². The van der Waals surface area contributed by atoms with E-state index in [2.05, 4.69) is 62.3 Å². The molecule has 1 N–H and O–H groups in total. The standard InChI is InChI=1S/C24H4BF16.C12H27N/c26-5-1-9(30)17(34)21(38)13(5)25(14-6(27)2-10(31)18(35)22(14)39,15-7(28)3-11(32)19(36)23(15)40)16-8(29)4-12(33)20(37)24(16)41;1-10(2,3)13(11(4,5)6)12(7,8)9/h1-4H;1-9H3/q-1;/p+1. The van der Waals surface area contributed by atoms with Gasteiger partial charge in [0, 0.05) is 24.3 Å². The van der Waals surface area contributed by atoms with E-state index in [0.29, 0.717) is 16.6 Å². The van der Waals surface area contributed by atoms with E-state index in [0.717, 1.165) is 0 Å². The van der Waals surface area contributed by atoms with E-state index in [4.69, 9.17) is 0 Å². The summed E-state index contributed by atoms with van der Waals surface area (Å²) in [4.78, 5) is 1.65. The predicted molar refractivity (Wildman–Crippen MR) is 170 cm³/mol. The van der Waals surface area contributed by atoms with Crippen LogP contribution in [-0.2, 0) is 0 Å². The van der Waals surface area contributed by atoms with Crippen molar-refractivity contribution in [3.05, 3.63) is 117 Å². The lowest BCUT2D eigenvalue weighted by Crippen LogP contribution is -3.30. The van der Waals surface area contributed by atoms with E-state index in [9.17, 15) is 35.1 Å². The van der Waals surface area contributed by atoms with E-state index < -0.39 is 145 Å². The summed E-state index contributed by atoms with van der Waals surface area (Å²) in [5, 5.41) is 0. The maximum atomic E-state index is 15.3. The summed E-state index contributed by atoms with van der Waals surface area (Å²) in [6.45, 7) is 20.9. The molecule has 0 spiro atoms. The maximum absolute atomic E-state index is 15.3. The van der Waals surface area contributed by atoms with Crippen LogP contribution in [-0.4, -0.2) is 22.8 Å². The first kappa shape index (κ1) is 44.2. The summed E-state index contributed by atoms with van der Waals surface area (Å²) in [6.07, 6.45) is -6.18. The van der Waals surface area contributed by atoms with E-state index in [1.54, 1.807) is 4.90 Å². The molecule has 4 rings (SSSR count). The van der Waals surface area contributed by atoms with Crippen molar-refractivity contribution in [3.8, 4) is 0 Å². The summed E-state index contributed by atoms with van der Waals surface area (Å²) in [6, 6.07) is -2.92. The Kier molecular flexibility index (Phi) is 12.1. The Bertz CT molecular complexity index is 1820. The van der Waals surface area contributed by atoms with Crippen LogP contribution in [0.25, 0.3) is 0 Å². The third-order valence-corrected chi connectivity index (χ3v) is 8.58. The Morgan fingerprint density at radius 3 is 0.593 bits per heavy atom. The van der Waals surface area contributed by atoms with Crippen molar-refractivity contribution in [1.29, 1.82) is 0 Å². The molecule has 1 nitrogen and oxygen atoms in total. The van der Waals surface area contributed by atoms with Crippen molar-refractivity contribution in [1.82, 2.24) is 0 Å². The van der Waals surface area contributed by atoms with Crippen LogP contribution in [0.3, 0.4) is 0 Å². The molecule has 0 aliphatic heterocycles. The molecule has 18 heteroatoms. The molecule has 0 saturated carbocycles. The lowest BCUT2D eigenvalue weighted by atomic mass is 9.12. The Morgan fingerprint density at radius 1 is 0.296 bits per heavy atom. The van der Waals surface area contributed by atoms with Crippen LogP contribution in [0.15, 0.2) is 24.3 Å². The van der Waals surface area contributed by atoms with Gasteiger partial charge in [-0.25, -0.2) is 70.2 Å². The van der Waals surface area contributed by atoms with Crippen molar-refractivity contribution < 1.29 is 75.1 Å². The van der Waals surface area contributed by atoms with Gasteiger partial charge in [-0.3, -0.25) is 0 Å². The largest absolute Gasteiger partial charge is 0.322 e. The first-order chi connectivity index (χ1) is 24.4. The maximum Gasteiger partial charge on any atom is 0.191 e. The second kappa shape index (κ2) is 14.8. The minimum atomic E-state index is -6.18. The summed E-state index contributed by atoms with van der Waals surface area (Å²) in [5.74, 6) is -45.1. The average molecular weight is 793 g/mol. The third-order valence-electron chi connectivity index (χ3n) is 8.58. The molecule has 0 amide bonds. The van der Waals surface area contributed by atoms with E-state index in [1.165, 1.54) is 0 Å². The van der Waals surface area contributed by atoms with Crippen LogP contribution in [0.5, 0.6) is 0 Å². The highest BCUT2D eigenvalue weighted by molar-refractivity contribution is 7.20. The van der Waals surface area contributed by atoms with Gasteiger partial charge in [0.05, 0.1) is 39.9 Å². The van der Waals surface area contributed by atoms with E-state index in [1.807, 2.05) is 0 Å². The van der Waals surface area contributed by atoms with Gasteiger partial charge in [-0.2, -0.15) is 0 Å². The SMILES string of the molecule is CC(C)(C)[NH+](C(C)(C)C)C(C)(C)C.Fc1cc(F)c([B-](c2c(F)cc(F)c(F)c2F)(c2c(F)cc(F)c(F)c2F)c2c(F)cc(F)c(F)c2F)c(F)c1F. The summed E-state index contributed by atoms with van der Waals surface area (Å²) >= 11 is 0. The van der Waals surface area contributed by atoms with Crippen LogP contribution < -0.4 is 26.8 Å². The highest BCUT2D eigenvalue weighted by Crippen LogP contribution is 2.27. The van der Waals surface area contributed by atoms with Crippen molar-refractivity contribution in [2.75, 3.05) is 0 Å². The zero-order valence-corrected chi connectivity index (χ0v) is 29.9. The van der Waals surface area contributed by atoms with Crippen LogP contribution in [0.4, 0.5) is 70.2 Å². The van der Waals surface area contributed by atoms with Gasteiger partial charge in [0.1, 0.15) is 29.4 Å². The Morgan fingerprint density at radius 2 is 0.463 bits per heavy atom. The van der Waals surface area contributed by atoms with Crippen LogP contribution >= 0.6 is 0 Å².